The smallest absolute Gasteiger partial charge is 0.251 e. The highest BCUT2D eigenvalue weighted by atomic mass is 32.2. The van der Waals surface area contributed by atoms with Crippen molar-refractivity contribution in [3.05, 3.63) is 66.0 Å². The average Bonchev–Trinajstić information content (AvgIpc) is 3.56. The van der Waals surface area contributed by atoms with E-state index in [1.807, 2.05) is 24.3 Å². The lowest BCUT2D eigenvalue weighted by Gasteiger charge is -2.10. The summed E-state index contributed by atoms with van der Waals surface area (Å²) >= 11 is 0. The molecule has 1 aliphatic carbocycles. The third-order valence-corrected chi connectivity index (χ3v) is 7.48. The first-order valence-corrected chi connectivity index (χ1v) is 12.1. The van der Waals surface area contributed by atoms with Gasteiger partial charge in [-0.1, -0.05) is 31.2 Å². The minimum absolute atomic E-state index is 0.00691. The van der Waals surface area contributed by atoms with Crippen LogP contribution in [0.15, 0.2) is 59.8 Å². The zero-order valence-corrected chi connectivity index (χ0v) is 18.4. The molecular weight excluding hydrogens is 453 g/mol. The van der Waals surface area contributed by atoms with Crippen LogP contribution in [0.1, 0.15) is 36.8 Å². The zero-order valence-electron chi connectivity index (χ0n) is 17.5. The Balaban J connectivity index is 1.61. The van der Waals surface area contributed by atoms with Gasteiger partial charge >= 0.3 is 6.18 Å². The largest absolute Gasteiger partial charge is 0.416 e. The number of pyridine rings is 2. The number of rotatable bonds is 5. The fourth-order valence-electron chi connectivity index (χ4n) is 3.69. The van der Waals surface area contributed by atoms with Crippen molar-refractivity contribution in [2.75, 3.05) is 5.75 Å². The summed E-state index contributed by atoms with van der Waals surface area (Å²) < 4.78 is 66.0. The maximum atomic E-state index is 13.0. The quantitative estimate of drug-likeness (QED) is 0.402. The second kappa shape index (κ2) is 7.65. The van der Waals surface area contributed by atoms with E-state index in [0.717, 1.165) is 23.9 Å². The van der Waals surface area contributed by atoms with Gasteiger partial charge in [0.25, 0.3) is 0 Å². The van der Waals surface area contributed by atoms with Crippen molar-refractivity contribution in [3.63, 3.8) is 0 Å². The molecule has 0 aliphatic heterocycles. The van der Waals surface area contributed by atoms with Gasteiger partial charge in [-0.25, -0.2) is 17.9 Å². The molecular formula is C23H19F3N4O2S. The van der Waals surface area contributed by atoms with Crippen LogP contribution in [0.25, 0.3) is 28.3 Å². The molecule has 5 rings (SSSR count). The molecule has 6 nitrogen and oxygen atoms in total. The normalized spacial score (nSPS) is 14.7. The van der Waals surface area contributed by atoms with Crippen molar-refractivity contribution >= 4 is 15.5 Å². The molecule has 0 atom stereocenters. The lowest BCUT2D eigenvalue weighted by atomic mass is 10.0. The first-order valence-electron chi connectivity index (χ1n) is 10.4. The molecule has 0 amide bonds. The molecule has 33 heavy (non-hydrogen) atoms. The molecule has 3 heterocycles. The number of nitrogens with zero attached hydrogens (tertiary/aromatic N) is 4. The summed E-state index contributed by atoms with van der Waals surface area (Å²) in [5, 5.41) is 4.17. The molecule has 1 saturated carbocycles. The SMILES string of the molecule is CCS(=O)(=O)c1cc(-c2ccc(C3CC3)cc2)cnc1-c1nc2cc(C(F)(F)F)ccn2n1. The highest BCUT2D eigenvalue weighted by Crippen LogP contribution is 2.40. The van der Waals surface area contributed by atoms with Gasteiger partial charge in [0, 0.05) is 18.0 Å². The summed E-state index contributed by atoms with van der Waals surface area (Å²) in [6.07, 6.45) is 0.511. The van der Waals surface area contributed by atoms with Crippen LogP contribution in [0, 0.1) is 0 Å². The molecule has 0 unspecified atom stereocenters. The Morgan fingerprint density at radius 1 is 1.06 bits per heavy atom. The standard InChI is InChI=1S/C23H19F3N4O2S/c1-2-33(31,32)19-11-17(16-7-5-15(6-8-16)14-3-4-14)13-27-21(19)22-28-20-12-18(23(24,25)26)9-10-30(20)29-22/h5-14H,2-4H2,1H3. The number of aromatic nitrogens is 4. The monoisotopic (exact) mass is 472 g/mol. The summed E-state index contributed by atoms with van der Waals surface area (Å²) in [5.41, 5.74) is 1.79. The van der Waals surface area contributed by atoms with Crippen molar-refractivity contribution in [2.24, 2.45) is 0 Å². The predicted molar refractivity (Wildman–Crippen MR) is 116 cm³/mol. The Morgan fingerprint density at radius 3 is 2.42 bits per heavy atom. The first kappa shape index (κ1) is 21.6. The molecule has 3 aromatic heterocycles. The van der Waals surface area contributed by atoms with Gasteiger partial charge in [0.15, 0.2) is 15.5 Å². The van der Waals surface area contributed by atoms with E-state index in [9.17, 15) is 21.6 Å². The van der Waals surface area contributed by atoms with E-state index in [1.54, 1.807) is 0 Å². The Morgan fingerprint density at radius 2 is 1.79 bits per heavy atom. The first-order chi connectivity index (χ1) is 15.7. The molecule has 0 radical (unpaired) electrons. The summed E-state index contributed by atoms with van der Waals surface area (Å²) in [4.78, 5) is 8.41. The van der Waals surface area contributed by atoms with Crippen LogP contribution in [0.2, 0.25) is 0 Å². The minimum atomic E-state index is -4.53. The summed E-state index contributed by atoms with van der Waals surface area (Å²) in [5.74, 6) is 0.378. The van der Waals surface area contributed by atoms with Crippen LogP contribution in [0.5, 0.6) is 0 Å². The second-order valence-corrected chi connectivity index (χ2v) is 10.3. The Kier molecular flexibility index (Phi) is 5.00. The number of hydrogen-bond donors (Lipinski definition) is 0. The molecule has 10 heteroatoms. The third-order valence-electron chi connectivity index (χ3n) is 5.74. The highest BCUT2D eigenvalue weighted by molar-refractivity contribution is 7.91. The van der Waals surface area contributed by atoms with E-state index in [2.05, 4.69) is 15.1 Å². The molecule has 170 valence electrons. The molecule has 1 aliphatic rings. The number of sulfone groups is 1. The minimum Gasteiger partial charge on any atom is -0.251 e. The molecule has 0 saturated heterocycles. The number of hydrogen-bond acceptors (Lipinski definition) is 5. The number of fused-ring (bicyclic) bond motifs is 1. The van der Waals surface area contributed by atoms with Crippen LogP contribution >= 0.6 is 0 Å². The fraction of sp³-hybridized carbons (Fsp3) is 0.261. The van der Waals surface area contributed by atoms with Crippen molar-refractivity contribution in [1.82, 2.24) is 19.6 Å². The van der Waals surface area contributed by atoms with Crippen molar-refractivity contribution in [2.45, 2.75) is 36.8 Å². The highest BCUT2D eigenvalue weighted by Gasteiger charge is 2.31. The molecule has 0 bridgehead atoms. The van der Waals surface area contributed by atoms with Crippen molar-refractivity contribution < 1.29 is 21.6 Å². The molecule has 4 aromatic rings. The lowest BCUT2D eigenvalue weighted by molar-refractivity contribution is -0.137. The average molecular weight is 472 g/mol. The van der Waals surface area contributed by atoms with Crippen molar-refractivity contribution in [3.8, 4) is 22.6 Å². The Hall–Kier alpha value is -3.27. The van der Waals surface area contributed by atoms with Gasteiger partial charge in [-0.05, 0) is 48.1 Å². The second-order valence-electron chi connectivity index (χ2n) is 8.02. The summed E-state index contributed by atoms with van der Waals surface area (Å²) in [7, 11) is -3.72. The van der Waals surface area contributed by atoms with Gasteiger partial charge in [-0.2, -0.15) is 13.2 Å². The number of halogens is 3. The molecule has 0 N–H and O–H groups in total. The van der Waals surface area contributed by atoms with E-state index in [-0.39, 0.29) is 27.8 Å². The number of alkyl halides is 3. The van der Waals surface area contributed by atoms with Crippen LogP contribution in [0.3, 0.4) is 0 Å². The lowest BCUT2D eigenvalue weighted by Crippen LogP contribution is -2.08. The van der Waals surface area contributed by atoms with Gasteiger partial charge in [0.2, 0.25) is 5.82 Å². The summed E-state index contributed by atoms with van der Waals surface area (Å²) in [6, 6.07) is 11.2. The molecule has 1 fully saturated rings. The van der Waals surface area contributed by atoms with E-state index < -0.39 is 21.6 Å². The maximum absolute atomic E-state index is 13.0. The molecule has 0 spiro atoms. The number of benzene rings is 1. The van der Waals surface area contributed by atoms with E-state index >= 15 is 0 Å². The maximum Gasteiger partial charge on any atom is 0.416 e. The third kappa shape index (κ3) is 4.10. The van der Waals surface area contributed by atoms with E-state index in [0.29, 0.717) is 11.5 Å². The van der Waals surface area contributed by atoms with Crippen LogP contribution in [0.4, 0.5) is 13.2 Å². The summed E-state index contributed by atoms with van der Waals surface area (Å²) in [6.45, 7) is 1.52. The van der Waals surface area contributed by atoms with Gasteiger partial charge in [-0.15, -0.1) is 5.10 Å². The van der Waals surface area contributed by atoms with Gasteiger partial charge in [0.05, 0.1) is 16.2 Å². The molecule has 1 aromatic carbocycles. The van der Waals surface area contributed by atoms with Crippen molar-refractivity contribution in [1.29, 1.82) is 0 Å². The predicted octanol–water partition coefficient (Wildman–Crippen LogP) is 5.15. The van der Waals surface area contributed by atoms with Crippen LogP contribution in [-0.2, 0) is 16.0 Å². The van der Waals surface area contributed by atoms with Crippen LogP contribution in [-0.4, -0.2) is 33.8 Å². The van der Waals surface area contributed by atoms with Gasteiger partial charge in [0.1, 0.15) is 5.69 Å². The fourth-order valence-corrected chi connectivity index (χ4v) is 4.74. The zero-order chi connectivity index (χ0) is 23.4. The topological polar surface area (TPSA) is 77.2 Å². The van der Waals surface area contributed by atoms with E-state index in [4.69, 9.17) is 0 Å². The van der Waals surface area contributed by atoms with Gasteiger partial charge < -0.3 is 0 Å². The van der Waals surface area contributed by atoms with Gasteiger partial charge in [-0.3, -0.25) is 4.98 Å². The van der Waals surface area contributed by atoms with E-state index in [1.165, 1.54) is 42.1 Å². The van der Waals surface area contributed by atoms with Crippen LogP contribution < -0.4 is 0 Å². The Bertz CT molecular complexity index is 1460. The Labute approximate surface area is 188 Å².